The second-order valence-electron chi connectivity index (χ2n) is 12.3. The van der Waals surface area contributed by atoms with Gasteiger partial charge in [0.05, 0.1) is 22.0 Å². The van der Waals surface area contributed by atoms with Crippen molar-refractivity contribution in [2.45, 2.75) is 5.41 Å². The fraction of sp³-hybridized carbons (Fsp3) is 0.0238. The van der Waals surface area contributed by atoms with Gasteiger partial charge in [-0.1, -0.05) is 97.1 Å². The van der Waals surface area contributed by atoms with E-state index in [1.165, 1.54) is 75.6 Å². The molecular weight excluding hydrogens is 565 g/mol. The summed E-state index contributed by atoms with van der Waals surface area (Å²) in [5.74, 6) is 0. The molecule has 45 heavy (non-hydrogen) atoms. The molecule has 1 spiro atoms. The first kappa shape index (κ1) is 23.9. The van der Waals surface area contributed by atoms with Crippen LogP contribution in [0.2, 0.25) is 0 Å². The highest BCUT2D eigenvalue weighted by atomic mass is 32.1. The summed E-state index contributed by atoms with van der Waals surface area (Å²) in [5, 5.41) is 3.80. The van der Waals surface area contributed by atoms with Crippen molar-refractivity contribution in [3.8, 4) is 27.9 Å². The first-order valence-electron chi connectivity index (χ1n) is 15.5. The van der Waals surface area contributed by atoms with E-state index in [2.05, 4.69) is 144 Å². The molecule has 3 aromatic heterocycles. The molecular formula is C42H24N2S. The van der Waals surface area contributed by atoms with Gasteiger partial charge in [0.2, 0.25) is 0 Å². The summed E-state index contributed by atoms with van der Waals surface area (Å²) in [7, 11) is 0. The third kappa shape index (κ3) is 2.83. The maximum absolute atomic E-state index is 4.94. The first-order chi connectivity index (χ1) is 22.3. The standard InChI is InChI=1S/C42H24N2S/c1-5-14-33-26(10-1)27-11-2-6-15-34(27)42(33)35-16-7-3-12-28(35)29-20-19-25(22-36(29)42)44-37-17-9-21-43-41(37)32-23-31-30-13-4-8-18-39(30)45-40(31)24-38(32)44/h1-24H. The summed E-state index contributed by atoms with van der Waals surface area (Å²) in [6.45, 7) is 0. The molecule has 0 aliphatic heterocycles. The van der Waals surface area contributed by atoms with Crippen LogP contribution in [0.15, 0.2) is 146 Å². The number of pyridine rings is 1. The zero-order chi connectivity index (χ0) is 29.3. The molecule has 0 unspecified atom stereocenters. The monoisotopic (exact) mass is 588 g/mol. The van der Waals surface area contributed by atoms with Gasteiger partial charge in [0.25, 0.3) is 0 Å². The molecule has 0 radical (unpaired) electrons. The van der Waals surface area contributed by atoms with Crippen molar-refractivity contribution in [3.05, 3.63) is 168 Å². The van der Waals surface area contributed by atoms with Crippen LogP contribution in [-0.4, -0.2) is 9.55 Å². The molecule has 6 aromatic carbocycles. The van der Waals surface area contributed by atoms with Crippen molar-refractivity contribution in [1.82, 2.24) is 9.55 Å². The summed E-state index contributed by atoms with van der Waals surface area (Å²) < 4.78 is 5.06. The largest absolute Gasteiger partial charge is 0.308 e. The molecule has 0 amide bonds. The molecule has 0 atom stereocenters. The number of thiophene rings is 1. The van der Waals surface area contributed by atoms with E-state index in [-0.39, 0.29) is 5.41 Å². The molecule has 0 saturated carbocycles. The zero-order valence-electron chi connectivity index (χ0n) is 24.2. The van der Waals surface area contributed by atoms with Crippen LogP contribution in [0.4, 0.5) is 0 Å². The van der Waals surface area contributed by atoms with Gasteiger partial charge in [-0.25, -0.2) is 0 Å². The van der Waals surface area contributed by atoms with Gasteiger partial charge in [-0.2, -0.15) is 0 Å². The maximum Gasteiger partial charge on any atom is 0.0963 e. The number of benzene rings is 6. The molecule has 2 aliphatic carbocycles. The van der Waals surface area contributed by atoms with Crippen LogP contribution in [0.3, 0.4) is 0 Å². The van der Waals surface area contributed by atoms with E-state index >= 15 is 0 Å². The summed E-state index contributed by atoms with van der Waals surface area (Å²) in [4.78, 5) is 4.94. The molecule has 0 fully saturated rings. The summed E-state index contributed by atoms with van der Waals surface area (Å²) in [6, 6.07) is 51.9. The van der Waals surface area contributed by atoms with E-state index < -0.39 is 0 Å². The van der Waals surface area contributed by atoms with E-state index in [4.69, 9.17) is 4.98 Å². The third-order valence-electron chi connectivity index (χ3n) is 10.3. The van der Waals surface area contributed by atoms with E-state index in [1.807, 2.05) is 17.5 Å². The predicted molar refractivity (Wildman–Crippen MR) is 188 cm³/mol. The number of fused-ring (bicyclic) bond motifs is 16. The number of aromatic nitrogens is 2. The lowest BCUT2D eigenvalue weighted by molar-refractivity contribution is 0.792. The van der Waals surface area contributed by atoms with E-state index in [0.29, 0.717) is 0 Å². The lowest BCUT2D eigenvalue weighted by Gasteiger charge is -2.30. The molecule has 2 aliphatic rings. The Bertz CT molecular complexity index is 2660. The Hall–Kier alpha value is -5.51. The lowest BCUT2D eigenvalue weighted by atomic mass is 9.70. The molecule has 0 bridgehead atoms. The number of nitrogens with zero attached hydrogens (tertiary/aromatic N) is 2. The summed E-state index contributed by atoms with van der Waals surface area (Å²) >= 11 is 1.87. The first-order valence-corrected chi connectivity index (χ1v) is 16.3. The van der Waals surface area contributed by atoms with Gasteiger partial charge in [0.1, 0.15) is 0 Å². The number of hydrogen-bond donors (Lipinski definition) is 0. The molecule has 0 N–H and O–H groups in total. The van der Waals surface area contributed by atoms with Crippen LogP contribution in [0.1, 0.15) is 22.3 Å². The smallest absolute Gasteiger partial charge is 0.0963 e. The molecule has 11 rings (SSSR count). The normalized spacial score (nSPS) is 14.0. The van der Waals surface area contributed by atoms with E-state index in [0.717, 1.165) is 16.7 Å². The van der Waals surface area contributed by atoms with Crippen LogP contribution in [-0.2, 0) is 5.41 Å². The van der Waals surface area contributed by atoms with Crippen molar-refractivity contribution >= 4 is 53.4 Å². The zero-order valence-corrected chi connectivity index (χ0v) is 25.0. The van der Waals surface area contributed by atoms with Crippen LogP contribution < -0.4 is 0 Å². The number of rotatable bonds is 1. The van der Waals surface area contributed by atoms with Crippen LogP contribution >= 0.6 is 11.3 Å². The molecule has 0 saturated heterocycles. The van der Waals surface area contributed by atoms with Crippen LogP contribution in [0.25, 0.3) is 70.0 Å². The average molecular weight is 589 g/mol. The Morgan fingerprint density at radius 2 is 1.11 bits per heavy atom. The second-order valence-corrected chi connectivity index (χ2v) is 13.4. The van der Waals surface area contributed by atoms with Gasteiger partial charge in [-0.05, 0) is 87.0 Å². The highest BCUT2D eigenvalue weighted by molar-refractivity contribution is 7.25. The topological polar surface area (TPSA) is 17.8 Å². The van der Waals surface area contributed by atoms with E-state index in [9.17, 15) is 0 Å². The van der Waals surface area contributed by atoms with Gasteiger partial charge in [0, 0.05) is 37.4 Å². The second kappa shape index (κ2) is 8.35. The van der Waals surface area contributed by atoms with Gasteiger partial charge < -0.3 is 4.57 Å². The Morgan fingerprint density at radius 3 is 1.84 bits per heavy atom. The van der Waals surface area contributed by atoms with Crippen LogP contribution in [0, 0.1) is 0 Å². The molecule has 208 valence electrons. The van der Waals surface area contributed by atoms with Crippen molar-refractivity contribution in [3.63, 3.8) is 0 Å². The fourth-order valence-electron chi connectivity index (χ4n) is 8.55. The Labute approximate surface area is 263 Å². The molecule has 2 nitrogen and oxygen atoms in total. The Morgan fingerprint density at radius 1 is 0.467 bits per heavy atom. The van der Waals surface area contributed by atoms with Crippen molar-refractivity contribution in [1.29, 1.82) is 0 Å². The number of hydrogen-bond acceptors (Lipinski definition) is 2. The Kier molecular flexibility index (Phi) is 4.43. The van der Waals surface area contributed by atoms with Crippen molar-refractivity contribution in [2.75, 3.05) is 0 Å². The quantitative estimate of drug-likeness (QED) is 0.187. The maximum atomic E-state index is 4.94. The third-order valence-corrected chi connectivity index (χ3v) is 11.4. The fourth-order valence-corrected chi connectivity index (χ4v) is 9.67. The van der Waals surface area contributed by atoms with Gasteiger partial charge >= 0.3 is 0 Å². The van der Waals surface area contributed by atoms with Crippen molar-refractivity contribution in [2.24, 2.45) is 0 Å². The average Bonchev–Trinajstić information content (AvgIpc) is 3.80. The minimum atomic E-state index is -0.370. The molecule has 9 aromatic rings. The highest BCUT2D eigenvalue weighted by Gasteiger charge is 2.51. The summed E-state index contributed by atoms with van der Waals surface area (Å²) in [6.07, 6.45) is 1.92. The SMILES string of the molecule is c1ccc2c(c1)-c1ccccc1C21c2ccccc2-c2ccc(-n3c4cc5sc6ccccc6c5cc4c4ncccc43)cc21. The van der Waals surface area contributed by atoms with Gasteiger partial charge in [-0.15, -0.1) is 11.3 Å². The Balaban J connectivity index is 1.26. The predicted octanol–water partition coefficient (Wildman–Crippen LogP) is 10.9. The highest BCUT2D eigenvalue weighted by Crippen LogP contribution is 2.63. The van der Waals surface area contributed by atoms with Crippen molar-refractivity contribution < 1.29 is 0 Å². The molecule has 3 heteroatoms. The summed E-state index contributed by atoms with van der Waals surface area (Å²) in [5.41, 5.74) is 14.9. The lowest BCUT2D eigenvalue weighted by Crippen LogP contribution is -2.26. The van der Waals surface area contributed by atoms with Crippen LogP contribution in [0.5, 0.6) is 0 Å². The minimum Gasteiger partial charge on any atom is -0.308 e. The molecule has 3 heterocycles. The van der Waals surface area contributed by atoms with Gasteiger partial charge in [0.15, 0.2) is 0 Å². The van der Waals surface area contributed by atoms with Gasteiger partial charge in [-0.3, -0.25) is 4.98 Å². The van der Waals surface area contributed by atoms with E-state index in [1.54, 1.807) is 0 Å². The minimum absolute atomic E-state index is 0.370.